The highest BCUT2D eigenvalue weighted by molar-refractivity contribution is 6.04. The van der Waals surface area contributed by atoms with Crippen LogP contribution in [0.5, 0.6) is 0 Å². The van der Waals surface area contributed by atoms with Crippen LogP contribution in [-0.2, 0) is 6.54 Å². The minimum absolute atomic E-state index is 0.650. The summed E-state index contributed by atoms with van der Waals surface area (Å²) in [6.45, 7) is 5.49. The van der Waals surface area contributed by atoms with E-state index in [9.17, 15) is 0 Å². The molecule has 0 aliphatic carbocycles. The summed E-state index contributed by atoms with van der Waals surface area (Å²) in [5, 5.41) is 0. The highest BCUT2D eigenvalue weighted by Gasteiger charge is 2.02. The fourth-order valence-corrected chi connectivity index (χ4v) is 1.33. The Hall–Kier alpha value is -0.673. The lowest BCUT2D eigenvalue weighted by molar-refractivity contribution is 0.373. The van der Waals surface area contributed by atoms with Crippen LogP contribution >= 0.6 is 0 Å². The molecule has 0 N–H and O–H groups in total. The van der Waals surface area contributed by atoms with E-state index in [2.05, 4.69) is 29.5 Å². The highest BCUT2D eigenvalue weighted by Crippen LogP contribution is 2.02. The lowest BCUT2D eigenvalue weighted by atomic mass is 10.2. The van der Waals surface area contributed by atoms with E-state index in [4.69, 9.17) is 0 Å². The third-order valence-corrected chi connectivity index (χ3v) is 3.39. The molecule has 12 heavy (non-hydrogen) atoms. The largest absolute Gasteiger partial charge is 0.326 e. The van der Waals surface area contributed by atoms with Gasteiger partial charge in [-0.2, -0.15) is 0 Å². The van der Waals surface area contributed by atoms with Gasteiger partial charge in [-0.15, -0.1) is 0 Å². The maximum atomic E-state index is 4.09. The second kappa shape index (κ2) is 4.38. The van der Waals surface area contributed by atoms with E-state index in [-0.39, 0.29) is 0 Å². The van der Waals surface area contributed by atoms with E-state index >= 15 is 0 Å². The predicted octanol–water partition coefficient (Wildman–Crippen LogP) is 0.572. The van der Waals surface area contributed by atoms with Gasteiger partial charge in [0.15, 0.2) is 0 Å². The van der Waals surface area contributed by atoms with Crippen molar-refractivity contribution in [2.75, 3.05) is 0 Å². The Morgan fingerprint density at radius 3 is 2.83 bits per heavy atom. The molecule has 0 saturated heterocycles. The van der Waals surface area contributed by atoms with Gasteiger partial charge in [0, 0.05) is 18.9 Å². The maximum absolute atomic E-state index is 4.09. The molecular weight excluding hydrogens is 164 g/mol. The molecule has 0 atom stereocenters. The van der Waals surface area contributed by atoms with Crippen molar-refractivity contribution in [2.45, 2.75) is 26.4 Å². The molecule has 0 radical (unpaired) electrons. The number of rotatable bonds is 3. The van der Waals surface area contributed by atoms with Crippen LogP contribution in [0.4, 0.5) is 0 Å². The smallest absolute Gasteiger partial charge is 0.0791 e. The molecule has 1 heterocycles. The minimum atomic E-state index is 0.650. The second-order valence-corrected chi connectivity index (χ2v) is 4.52. The molecule has 66 valence electrons. The van der Waals surface area contributed by atoms with Gasteiger partial charge in [-0.05, 0) is 17.7 Å². The Morgan fingerprint density at radius 1 is 1.58 bits per heavy atom. The lowest BCUT2D eigenvalue weighted by Gasteiger charge is -2.20. The van der Waals surface area contributed by atoms with Crippen molar-refractivity contribution in [3.8, 4) is 0 Å². The molecule has 1 aromatic rings. The standard InChI is InChI=1S/C9H16N2Si/c1-8(2)11(12)7-9-4-3-5-10-6-9/h3-6,8H,7H2,1-2,12H3. The minimum Gasteiger partial charge on any atom is -0.326 e. The highest BCUT2D eigenvalue weighted by atomic mass is 28.2. The molecule has 0 aromatic carbocycles. The normalized spacial score (nSPS) is 11.3. The summed E-state index contributed by atoms with van der Waals surface area (Å²) < 4.78 is 2.43. The van der Waals surface area contributed by atoms with E-state index in [1.165, 1.54) is 5.56 Å². The quantitative estimate of drug-likeness (QED) is 0.632. The van der Waals surface area contributed by atoms with Gasteiger partial charge in [-0.25, -0.2) is 0 Å². The summed E-state index contributed by atoms with van der Waals surface area (Å²) >= 11 is 0. The average Bonchev–Trinajstić information content (AvgIpc) is 2.06. The van der Waals surface area contributed by atoms with Crippen LogP contribution in [0.1, 0.15) is 19.4 Å². The van der Waals surface area contributed by atoms with Crippen molar-refractivity contribution in [1.29, 1.82) is 0 Å². The number of aromatic nitrogens is 1. The van der Waals surface area contributed by atoms with Crippen LogP contribution in [0.2, 0.25) is 0 Å². The van der Waals surface area contributed by atoms with Crippen molar-refractivity contribution >= 4 is 10.4 Å². The van der Waals surface area contributed by atoms with Gasteiger partial charge in [-0.3, -0.25) is 4.98 Å². The van der Waals surface area contributed by atoms with Crippen LogP contribution in [0.3, 0.4) is 0 Å². The first-order valence-corrected chi connectivity index (χ1v) is 5.18. The summed E-state index contributed by atoms with van der Waals surface area (Å²) in [6, 6.07) is 4.77. The summed E-state index contributed by atoms with van der Waals surface area (Å²) in [7, 11) is 1.11. The molecule has 0 unspecified atom stereocenters. The summed E-state index contributed by atoms with van der Waals surface area (Å²) in [5.74, 6) is 0. The molecular formula is C9H16N2Si. The lowest BCUT2D eigenvalue weighted by Crippen LogP contribution is -2.27. The molecule has 1 rings (SSSR count). The van der Waals surface area contributed by atoms with Crippen LogP contribution < -0.4 is 0 Å². The SMILES string of the molecule is CC(C)N([SiH3])Cc1cccnc1. The molecule has 0 bridgehead atoms. The van der Waals surface area contributed by atoms with Gasteiger partial charge in [0.25, 0.3) is 0 Å². The van der Waals surface area contributed by atoms with E-state index in [1.54, 1.807) is 0 Å². The van der Waals surface area contributed by atoms with Gasteiger partial charge in [0.1, 0.15) is 0 Å². The Labute approximate surface area is 77.1 Å². The summed E-state index contributed by atoms with van der Waals surface area (Å²) in [4.78, 5) is 4.09. The van der Waals surface area contributed by atoms with Crippen molar-refractivity contribution < 1.29 is 0 Å². The zero-order valence-corrected chi connectivity index (χ0v) is 9.99. The number of pyridine rings is 1. The molecule has 0 amide bonds. The molecule has 0 saturated carbocycles. The first-order valence-electron chi connectivity index (χ1n) is 4.29. The summed E-state index contributed by atoms with van der Waals surface area (Å²) in [6.07, 6.45) is 3.75. The van der Waals surface area contributed by atoms with Crippen LogP contribution in [0.25, 0.3) is 0 Å². The topological polar surface area (TPSA) is 16.1 Å². The van der Waals surface area contributed by atoms with Gasteiger partial charge in [0.2, 0.25) is 0 Å². The Morgan fingerprint density at radius 2 is 2.33 bits per heavy atom. The van der Waals surface area contributed by atoms with E-state index in [0.29, 0.717) is 6.04 Å². The van der Waals surface area contributed by atoms with Crippen molar-refractivity contribution in [3.05, 3.63) is 30.1 Å². The van der Waals surface area contributed by atoms with Crippen LogP contribution in [0.15, 0.2) is 24.5 Å². The zero-order chi connectivity index (χ0) is 8.97. The van der Waals surface area contributed by atoms with E-state index in [1.807, 2.05) is 18.5 Å². The van der Waals surface area contributed by atoms with Crippen LogP contribution in [-0.4, -0.2) is 26.0 Å². The summed E-state index contributed by atoms with van der Waals surface area (Å²) in [5.41, 5.74) is 1.31. The molecule has 2 nitrogen and oxygen atoms in total. The Bertz CT molecular complexity index is 223. The molecule has 1 aromatic heterocycles. The number of hydrogen-bond acceptors (Lipinski definition) is 2. The maximum Gasteiger partial charge on any atom is 0.0791 e. The predicted molar refractivity (Wildman–Crippen MR) is 54.9 cm³/mol. The first kappa shape index (κ1) is 9.42. The molecule has 0 aliphatic heterocycles. The molecule has 0 aliphatic rings. The molecule has 3 heteroatoms. The van der Waals surface area contributed by atoms with E-state index in [0.717, 1.165) is 16.9 Å². The Kier molecular flexibility index (Phi) is 3.43. The fraction of sp³-hybridized carbons (Fsp3) is 0.444. The van der Waals surface area contributed by atoms with E-state index < -0.39 is 0 Å². The number of hydrogen-bond donors (Lipinski definition) is 0. The third-order valence-electron chi connectivity index (χ3n) is 2.04. The monoisotopic (exact) mass is 180 g/mol. The van der Waals surface area contributed by atoms with Crippen molar-refractivity contribution in [3.63, 3.8) is 0 Å². The zero-order valence-electron chi connectivity index (χ0n) is 7.99. The van der Waals surface area contributed by atoms with Gasteiger partial charge in [0.05, 0.1) is 10.4 Å². The average molecular weight is 180 g/mol. The Balaban J connectivity index is 2.53. The number of nitrogens with zero attached hydrogens (tertiary/aromatic N) is 2. The molecule has 0 fully saturated rings. The fourth-order valence-electron chi connectivity index (χ4n) is 0.962. The third kappa shape index (κ3) is 2.75. The van der Waals surface area contributed by atoms with Crippen molar-refractivity contribution in [1.82, 2.24) is 9.55 Å². The first-order chi connectivity index (χ1) is 5.70. The van der Waals surface area contributed by atoms with Gasteiger partial charge >= 0.3 is 0 Å². The molecule has 0 spiro atoms. The van der Waals surface area contributed by atoms with Gasteiger partial charge < -0.3 is 4.57 Å². The van der Waals surface area contributed by atoms with Crippen LogP contribution in [0, 0.1) is 0 Å². The second-order valence-electron chi connectivity index (χ2n) is 3.37. The van der Waals surface area contributed by atoms with Gasteiger partial charge in [-0.1, -0.05) is 19.9 Å². The van der Waals surface area contributed by atoms with Crippen molar-refractivity contribution in [2.24, 2.45) is 0 Å².